The molecule has 230 valence electrons. The third-order valence-electron chi connectivity index (χ3n) is 8.13. The predicted molar refractivity (Wildman–Crippen MR) is 160 cm³/mol. The quantitative estimate of drug-likeness (QED) is 0.154. The molecule has 1 heterocycles. The summed E-state index contributed by atoms with van der Waals surface area (Å²) in [6, 6.07) is 21.0. The fraction of sp³-hybridized carbons (Fsp3) is 0.412. The number of rotatable bonds is 15. The van der Waals surface area contributed by atoms with E-state index in [1.54, 1.807) is 17.0 Å². The van der Waals surface area contributed by atoms with E-state index in [0.717, 1.165) is 28.8 Å². The van der Waals surface area contributed by atoms with E-state index in [1.165, 1.54) is 19.1 Å². The first kappa shape index (κ1) is 32.3. The Bertz CT molecular complexity index is 1340. The summed E-state index contributed by atoms with van der Waals surface area (Å²) in [7, 11) is 0. The Morgan fingerprint density at radius 3 is 2.12 bits per heavy atom. The number of carbonyl (C=O) groups excluding carboxylic acids is 2. The van der Waals surface area contributed by atoms with Crippen molar-refractivity contribution in [1.29, 1.82) is 0 Å². The molecule has 0 saturated carbocycles. The highest BCUT2D eigenvalue weighted by atomic mass is 19.1. The maximum atomic E-state index is 13.6. The van der Waals surface area contributed by atoms with E-state index in [2.05, 4.69) is 0 Å². The van der Waals surface area contributed by atoms with Gasteiger partial charge in [0.2, 0.25) is 5.91 Å². The number of hydrogen-bond donors (Lipinski definition) is 4. The number of aliphatic hydroxyl groups excluding tert-OH is 3. The second-order valence-corrected chi connectivity index (χ2v) is 11.3. The van der Waals surface area contributed by atoms with E-state index in [9.17, 15) is 29.3 Å². The van der Waals surface area contributed by atoms with Crippen molar-refractivity contribution >= 4 is 17.6 Å². The number of aliphatic hydroxyl groups is 4. The highest BCUT2D eigenvalue weighted by Crippen LogP contribution is 2.46. The Morgan fingerprint density at radius 2 is 1.53 bits per heavy atom. The molecular weight excluding hydrogens is 553 g/mol. The van der Waals surface area contributed by atoms with E-state index in [0.29, 0.717) is 31.2 Å². The van der Waals surface area contributed by atoms with Crippen LogP contribution in [-0.4, -0.2) is 57.7 Å². The molecule has 9 heteroatoms. The van der Waals surface area contributed by atoms with Gasteiger partial charge in [-0.25, -0.2) is 4.39 Å². The molecule has 3 aromatic carbocycles. The lowest BCUT2D eigenvalue weighted by atomic mass is 9.78. The topological polar surface area (TPSA) is 128 Å². The smallest absolute Gasteiger partial charge is 0.303 e. The molecule has 0 bridgehead atoms. The SMILES string of the molecule is CC(=O)O[C@@H](CC[C@H]1C(=O)N(c2ccc(CCCO)cc2)[C@@H]1c1ccc(CCC(O)(CO)CO)cc1)c1ccc(F)cc1. The summed E-state index contributed by atoms with van der Waals surface area (Å²) in [6.07, 6.45) is 2.23. The molecule has 1 amide bonds. The average molecular weight is 594 g/mol. The minimum Gasteiger partial charge on any atom is -0.458 e. The molecule has 3 aromatic rings. The molecular formula is C34H40FNO7. The van der Waals surface area contributed by atoms with Gasteiger partial charge in [0.05, 0.1) is 25.2 Å². The first-order valence-electron chi connectivity index (χ1n) is 14.7. The fourth-order valence-corrected chi connectivity index (χ4v) is 5.57. The number of amides is 1. The van der Waals surface area contributed by atoms with Gasteiger partial charge in [-0.3, -0.25) is 9.59 Å². The van der Waals surface area contributed by atoms with Gasteiger partial charge in [0.1, 0.15) is 17.5 Å². The number of aryl methyl sites for hydroxylation is 2. The van der Waals surface area contributed by atoms with Crippen molar-refractivity contribution in [3.8, 4) is 0 Å². The van der Waals surface area contributed by atoms with E-state index in [4.69, 9.17) is 9.84 Å². The number of carbonyl (C=O) groups is 2. The van der Waals surface area contributed by atoms with Crippen LogP contribution in [0.1, 0.15) is 67.0 Å². The third kappa shape index (κ3) is 8.06. The van der Waals surface area contributed by atoms with Crippen molar-refractivity contribution in [3.63, 3.8) is 0 Å². The Morgan fingerprint density at radius 1 is 0.930 bits per heavy atom. The Labute approximate surface area is 251 Å². The maximum absolute atomic E-state index is 13.6. The lowest BCUT2D eigenvalue weighted by Crippen LogP contribution is -2.55. The second kappa shape index (κ2) is 14.7. The molecule has 3 atom stereocenters. The van der Waals surface area contributed by atoms with Crippen LogP contribution < -0.4 is 4.90 Å². The summed E-state index contributed by atoms with van der Waals surface area (Å²) >= 11 is 0. The van der Waals surface area contributed by atoms with Crippen LogP contribution in [0.15, 0.2) is 72.8 Å². The zero-order valence-corrected chi connectivity index (χ0v) is 24.4. The van der Waals surface area contributed by atoms with Gasteiger partial charge in [0.15, 0.2) is 0 Å². The standard InChI is InChI=1S/C34H40FNO7/c1-23(40)43-31(26-10-12-28(35)13-11-26)17-16-30-32(27-8-4-25(5-9-27)18-19-34(42,21-38)22-39)36(33(30)41)29-14-6-24(7-15-29)3-2-20-37/h4-15,30-32,37-39,42H,2-3,16-22H2,1H3/t30-,31+,32-/m1/s1. The van der Waals surface area contributed by atoms with Crippen molar-refractivity contribution in [3.05, 3.63) is 101 Å². The van der Waals surface area contributed by atoms with Crippen molar-refractivity contribution in [2.24, 2.45) is 5.92 Å². The van der Waals surface area contributed by atoms with Gasteiger partial charge in [-0.05, 0) is 85.0 Å². The van der Waals surface area contributed by atoms with Gasteiger partial charge in [-0.1, -0.05) is 48.5 Å². The predicted octanol–water partition coefficient (Wildman–Crippen LogP) is 4.19. The zero-order valence-electron chi connectivity index (χ0n) is 24.4. The van der Waals surface area contributed by atoms with E-state index in [-0.39, 0.29) is 30.9 Å². The van der Waals surface area contributed by atoms with E-state index >= 15 is 0 Å². The van der Waals surface area contributed by atoms with Crippen LogP contribution in [0.25, 0.3) is 0 Å². The fourth-order valence-electron chi connectivity index (χ4n) is 5.57. The summed E-state index contributed by atoms with van der Waals surface area (Å²) in [5.74, 6) is -1.28. The van der Waals surface area contributed by atoms with Crippen LogP contribution in [0.4, 0.5) is 10.1 Å². The van der Waals surface area contributed by atoms with Crippen LogP contribution in [0, 0.1) is 11.7 Å². The maximum Gasteiger partial charge on any atom is 0.303 e. The normalized spacial score (nSPS) is 17.4. The van der Waals surface area contributed by atoms with E-state index in [1.807, 2.05) is 48.5 Å². The summed E-state index contributed by atoms with van der Waals surface area (Å²) in [6.45, 7) is 0.363. The summed E-state index contributed by atoms with van der Waals surface area (Å²) in [5, 5.41) is 38.2. The molecule has 1 aliphatic heterocycles. The average Bonchev–Trinajstić information content (AvgIpc) is 3.02. The number of nitrogens with zero attached hydrogens (tertiary/aromatic N) is 1. The van der Waals surface area contributed by atoms with Gasteiger partial charge in [0.25, 0.3) is 0 Å². The zero-order chi connectivity index (χ0) is 31.0. The minimum atomic E-state index is -1.55. The van der Waals surface area contributed by atoms with Crippen molar-refractivity contribution < 1.29 is 39.1 Å². The lowest BCUT2D eigenvalue weighted by molar-refractivity contribution is -0.147. The number of benzene rings is 3. The Balaban J connectivity index is 1.56. The molecule has 1 fully saturated rings. The number of halogens is 1. The van der Waals surface area contributed by atoms with Crippen LogP contribution in [-0.2, 0) is 27.2 Å². The van der Waals surface area contributed by atoms with E-state index < -0.39 is 36.7 Å². The summed E-state index contributed by atoms with van der Waals surface area (Å²) < 4.78 is 19.1. The molecule has 0 spiro atoms. The molecule has 4 N–H and O–H groups in total. The first-order valence-corrected chi connectivity index (χ1v) is 14.7. The first-order chi connectivity index (χ1) is 20.7. The summed E-state index contributed by atoms with van der Waals surface area (Å²) in [5.41, 5.74) is 2.77. The summed E-state index contributed by atoms with van der Waals surface area (Å²) in [4.78, 5) is 27.3. The van der Waals surface area contributed by atoms with Gasteiger partial charge in [0, 0.05) is 19.2 Å². The molecule has 43 heavy (non-hydrogen) atoms. The highest BCUT2D eigenvalue weighted by molar-refractivity contribution is 6.03. The van der Waals surface area contributed by atoms with Gasteiger partial charge in [-0.15, -0.1) is 0 Å². The number of hydrogen-bond acceptors (Lipinski definition) is 7. The van der Waals surface area contributed by atoms with Crippen LogP contribution in [0.5, 0.6) is 0 Å². The molecule has 0 aliphatic carbocycles. The highest BCUT2D eigenvalue weighted by Gasteiger charge is 2.48. The van der Waals surface area contributed by atoms with Crippen LogP contribution >= 0.6 is 0 Å². The number of anilines is 1. The third-order valence-corrected chi connectivity index (χ3v) is 8.13. The monoisotopic (exact) mass is 593 g/mol. The molecule has 0 radical (unpaired) electrons. The Hall–Kier alpha value is -3.63. The molecule has 8 nitrogen and oxygen atoms in total. The molecule has 0 unspecified atom stereocenters. The van der Waals surface area contributed by atoms with Crippen molar-refractivity contribution in [2.75, 3.05) is 24.7 Å². The van der Waals surface area contributed by atoms with Crippen LogP contribution in [0.3, 0.4) is 0 Å². The second-order valence-electron chi connectivity index (χ2n) is 11.3. The largest absolute Gasteiger partial charge is 0.458 e. The molecule has 1 aliphatic rings. The number of ether oxygens (including phenoxy) is 1. The molecule has 1 saturated heterocycles. The van der Waals surface area contributed by atoms with Crippen molar-refractivity contribution in [2.45, 2.75) is 63.2 Å². The van der Waals surface area contributed by atoms with Gasteiger partial charge in [-0.2, -0.15) is 0 Å². The molecule has 0 aromatic heterocycles. The van der Waals surface area contributed by atoms with Crippen LogP contribution in [0.2, 0.25) is 0 Å². The Kier molecular flexibility index (Phi) is 11.0. The number of β-lactam (4-membered cyclic amide) rings is 1. The lowest BCUT2D eigenvalue weighted by Gasteiger charge is -2.48. The minimum absolute atomic E-state index is 0.0474. The van der Waals surface area contributed by atoms with Gasteiger partial charge >= 0.3 is 5.97 Å². The van der Waals surface area contributed by atoms with Gasteiger partial charge < -0.3 is 30.1 Å². The molecule has 4 rings (SSSR count). The number of esters is 1. The van der Waals surface area contributed by atoms with Crippen molar-refractivity contribution in [1.82, 2.24) is 0 Å².